The first-order valence-corrected chi connectivity index (χ1v) is 6.27. The predicted molar refractivity (Wildman–Crippen MR) is 66.4 cm³/mol. The highest BCUT2D eigenvalue weighted by Gasteiger charge is 2.59. The van der Waals surface area contributed by atoms with E-state index in [2.05, 4.69) is 10.1 Å². The van der Waals surface area contributed by atoms with E-state index in [4.69, 9.17) is 5.11 Å². The zero-order chi connectivity index (χ0) is 17.0. The Balaban J connectivity index is 2.67. The van der Waals surface area contributed by atoms with Crippen molar-refractivity contribution in [3.63, 3.8) is 0 Å². The van der Waals surface area contributed by atoms with Gasteiger partial charge in [-0.2, -0.15) is 22.0 Å². The average Bonchev–Trinajstić information content (AvgIpc) is 2.44. The zero-order valence-corrected chi connectivity index (χ0v) is 11.5. The summed E-state index contributed by atoms with van der Waals surface area (Å²) in [6, 6.07) is 4.52. The summed E-state index contributed by atoms with van der Waals surface area (Å²) in [5, 5.41) is 11.7. The molecule has 0 aliphatic rings. The number of hydrogen-bond acceptors (Lipinski definition) is 3. The van der Waals surface area contributed by atoms with Crippen molar-refractivity contribution in [3.05, 3.63) is 29.8 Å². The predicted octanol–water partition coefficient (Wildman–Crippen LogP) is 3.03. The lowest BCUT2D eigenvalue weighted by Gasteiger charge is -2.23. The van der Waals surface area contributed by atoms with E-state index in [0.717, 1.165) is 12.1 Å². The molecule has 0 radical (unpaired) electrons. The van der Waals surface area contributed by atoms with Crippen molar-refractivity contribution in [2.45, 2.75) is 38.0 Å². The summed E-state index contributed by atoms with van der Waals surface area (Å²) in [6.45, 7) is 1.94. The van der Waals surface area contributed by atoms with E-state index in [1.165, 1.54) is 12.1 Å². The summed E-state index contributed by atoms with van der Waals surface area (Å²) in [4.78, 5) is 0. The van der Waals surface area contributed by atoms with Crippen LogP contribution in [-0.2, 0) is 6.54 Å². The molecule has 0 aliphatic heterocycles. The maximum Gasteiger partial charge on any atom is 0.439 e. The second-order valence-electron chi connectivity index (χ2n) is 4.68. The van der Waals surface area contributed by atoms with Crippen LogP contribution in [0.3, 0.4) is 0 Å². The number of benzene rings is 1. The Hall–Kier alpha value is -1.48. The fourth-order valence-corrected chi connectivity index (χ4v) is 1.43. The summed E-state index contributed by atoms with van der Waals surface area (Å²) in [6.07, 6.45) is -15.1. The molecule has 0 saturated carbocycles. The molecule has 2 atom stereocenters. The van der Waals surface area contributed by atoms with E-state index in [1.54, 1.807) is 6.92 Å². The van der Waals surface area contributed by atoms with E-state index >= 15 is 0 Å². The molecule has 0 heterocycles. The Morgan fingerprint density at radius 1 is 1.14 bits per heavy atom. The van der Waals surface area contributed by atoms with Gasteiger partial charge in [0.2, 0.25) is 0 Å². The van der Waals surface area contributed by atoms with Gasteiger partial charge in [0.15, 0.2) is 0 Å². The first-order valence-electron chi connectivity index (χ1n) is 6.27. The third kappa shape index (κ3) is 5.38. The minimum absolute atomic E-state index is 0.0945. The van der Waals surface area contributed by atoms with Crippen LogP contribution >= 0.6 is 0 Å². The number of ether oxygens (including phenoxy) is 1. The number of aliphatic hydroxyl groups excluding tert-OH is 1. The van der Waals surface area contributed by atoms with Crippen LogP contribution in [0.2, 0.25) is 0 Å². The van der Waals surface area contributed by atoms with Crippen molar-refractivity contribution < 1.29 is 36.2 Å². The van der Waals surface area contributed by atoms with Gasteiger partial charge in [-0.15, -0.1) is 0 Å². The molecule has 22 heavy (non-hydrogen) atoms. The minimum Gasteiger partial charge on any atom is -0.430 e. The molecule has 0 fully saturated rings. The van der Waals surface area contributed by atoms with E-state index in [0.29, 0.717) is 12.1 Å². The highest BCUT2D eigenvalue weighted by molar-refractivity contribution is 5.27. The van der Waals surface area contributed by atoms with E-state index in [1.807, 2.05) is 0 Å². The van der Waals surface area contributed by atoms with Crippen LogP contribution < -0.4 is 10.1 Å². The molecule has 0 bridgehead atoms. The number of nitrogens with one attached hydrogen (secondary N) is 1. The summed E-state index contributed by atoms with van der Waals surface area (Å²) in [5.41, 5.74) is 0.628. The molecule has 1 aromatic carbocycles. The Labute approximate surface area is 122 Å². The Morgan fingerprint density at radius 3 is 2.14 bits per heavy atom. The van der Waals surface area contributed by atoms with Crippen molar-refractivity contribution >= 4 is 0 Å². The summed E-state index contributed by atoms with van der Waals surface area (Å²) in [7, 11) is 0. The number of halogens is 6. The Kier molecular flexibility index (Phi) is 6.07. The SMILES string of the molecule is C[C@H](CO)NCc1ccc(OC(F)(F)C(F)C(F)(F)F)cc1. The van der Waals surface area contributed by atoms with Gasteiger partial charge in [0, 0.05) is 12.6 Å². The second kappa shape index (κ2) is 7.19. The summed E-state index contributed by atoms with van der Waals surface area (Å²) >= 11 is 0. The molecular weight excluding hydrogens is 316 g/mol. The van der Waals surface area contributed by atoms with Gasteiger partial charge in [-0.05, 0) is 24.6 Å². The lowest BCUT2D eigenvalue weighted by molar-refractivity contribution is -0.304. The van der Waals surface area contributed by atoms with Gasteiger partial charge < -0.3 is 15.2 Å². The van der Waals surface area contributed by atoms with Crippen LogP contribution in [-0.4, -0.2) is 36.2 Å². The highest BCUT2D eigenvalue weighted by atomic mass is 19.4. The Morgan fingerprint density at radius 2 is 1.68 bits per heavy atom. The molecule has 0 aromatic heterocycles. The third-order valence-corrected chi connectivity index (χ3v) is 2.69. The van der Waals surface area contributed by atoms with Gasteiger partial charge in [0.05, 0.1) is 6.61 Å². The maximum absolute atomic E-state index is 13.0. The Bertz CT molecular complexity index is 463. The van der Waals surface area contributed by atoms with Gasteiger partial charge in [-0.1, -0.05) is 12.1 Å². The van der Waals surface area contributed by atoms with Crippen molar-refractivity contribution in [1.82, 2.24) is 5.32 Å². The third-order valence-electron chi connectivity index (χ3n) is 2.69. The van der Waals surface area contributed by atoms with Crippen molar-refractivity contribution in [2.75, 3.05) is 6.61 Å². The van der Waals surface area contributed by atoms with Crippen LogP contribution in [0.25, 0.3) is 0 Å². The van der Waals surface area contributed by atoms with Gasteiger partial charge in [0.1, 0.15) is 5.75 Å². The molecule has 0 aliphatic carbocycles. The molecule has 0 amide bonds. The minimum atomic E-state index is -5.71. The molecular formula is C13H15F6NO2. The van der Waals surface area contributed by atoms with Gasteiger partial charge in [-0.3, -0.25) is 0 Å². The molecule has 0 spiro atoms. The van der Waals surface area contributed by atoms with Crippen LogP contribution in [0.5, 0.6) is 5.75 Å². The quantitative estimate of drug-likeness (QED) is 0.755. The zero-order valence-electron chi connectivity index (χ0n) is 11.5. The molecule has 0 saturated heterocycles. The monoisotopic (exact) mass is 331 g/mol. The van der Waals surface area contributed by atoms with Gasteiger partial charge in [0.25, 0.3) is 6.17 Å². The standard InChI is InChI=1S/C13H15F6NO2/c1-8(7-21)20-6-9-2-4-10(5-3-9)22-13(18,19)11(14)12(15,16)17/h2-5,8,11,20-21H,6-7H2,1H3/t8-,11?/m1/s1. The van der Waals surface area contributed by atoms with E-state index in [9.17, 15) is 26.3 Å². The maximum atomic E-state index is 13.0. The van der Waals surface area contributed by atoms with E-state index < -0.39 is 24.2 Å². The lowest BCUT2D eigenvalue weighted by Crippen LogP contribution is -2.45. The number of aliphatic hydroxyl groups is 1. The number of alkyl halides is 6. The van der Waals surface area contributed by atoms with E-state index in [-0.39, 0.29) is 12.6 Å². The first kappa shape index (κ1) is 18.6. The largest absolute Gasteiger partial charge is 0.439 e. The summed E-state index contributed by atoms with van der Waals surface area (Å²) in [5.74, 6) is -0.587. The molecule has 1 rings (SSSR count). The smallest absolute Gasteiger partial charge is 0.430 e. The van der Waals surface area contributed by atoms with Crippen molar-refractivity contribution in [2.24, 2.45) is 0 Å². The van der Waals surface area contributed by atoms with Crippen molar-refractivity contribution in [1.29, 1.82) is 0 Å². The molecule has 1 unspecified atom stereocenters. The van der Waals surface area contributed by atoms with Crippen LogP contribution in [0.4, 0.5) is 26.3 Å². The number of hydrogen-bond donors (Lipinski definition) is 2. The van der Waals surface area contributed by atoms with Crippen molar-refractivity contribution in [3.8, 4) is 5.75 Å². The molecule has 2 N–H and O–H groups in total. The molecule has 126 valence electrons. The number of rotatable bonds is 7. The van der Waals surface area contributed by atoms with Gasteiger partial charge >= 0.3 is 12.3 Å². The lowest BCUT2D eigenvalue weighted by atomic mass is 10.2. The first-order chi connectivity index (χ1) is 10.1. The fourth-order valence-electron chi connectivity index (χ4n) is 1.43. The highest BCUT2D eigenvalue weighted by Crippen LogP contribution is 2.36. The fraction of sp³-hybridized carbons (Fsp3) is 0.538. The average molecular weight is 331 g/mol. The van der Waals surface area contributed by atoms with Crippen LogP contribution in [0, 0.1) is 0 Å². The molecule has 3 nitrogen and oxygen atoms in total. The van der Waals surface area contributed by atoms with Crippen LogP contribution in [0.1, 0.15) is 12.5 Å². The second-order valence-corrected chi connectivity index (χ2v) is 4.68. The summed E-state index contributed by atoms with van der Waals surface area (Å²) < 4.78 is 78.4. The van der Waals surface area contributed by atoms with Crippen LogP contribution in [0.15, 0.2) is 24.3 Å². The normalized spacial score (nSPS) is 15.5. The van der Waals surface area contributed by atoms with Gasteiger partial charge in [-0.25, -0.2) is 4.39 Å². The molecule has 1 aromatic rings. The topological polar surface area (TPSA) is 41.5 Å². The molecule has 9 heteroatoms.